The highest BCUT2D eigenvalue weighted by Crippen LogP contribution is 2.27. The van der Waals surface area contributed by atoms with Gasteiger partial charge in [0.15, 0.2) is 0 Å². The molecule has 6 nitrogen and oxygen atoms in total. The molecule has 6 heteroatoms. The van der Waals surface area contributed by atoms with Crippen LogP contribution in [0.1, 0.15) is 30.4 Å². The summed E-state index contributed by atoms with van der Waals surface area (Å²) in [6, 6.07) is 1.96. The summed E-state index contributed by atoms with van der Waals surface area (Å²) in [6.45, 7) is 5.66. The molecule has 0 aromatic carbocycles. The number of morpholine rings is 1. The molecule has 32 heavy (non-hydrogen) atoms. The molecule has 2 fully saturated rings. The molecule has 2 aliphatic carbocycles. The Bertz CT molecular complexity index is 933. The van der Waals surface area contributed by atoms with Crippen molar-refractivity contribution in [1.82, 2.24) is 20.5 Å². The number of rotatable bonds is 10. The van der Waals surface area contributed by atoms with Crippen LogP contribution in [0.3, 0.4) is 0 Å². The van der Waals surface area contributed by atoms with Crippen LogP contribution < -0.4 is 10.6 Å². The number of nitrogens with one attached hydrogen (secondary N) is 3. The maximum absolute atomic E-state index is 7.84. The molecule has 0 amide bonds. The highest BCUT2D eigenvalue weighted by Gasteiger charge is 2.20. The smallest absolute Gasteiger partial charge is 0.0594 e. The van der Waals surface area contributed by atoms with Crippen LogP contribution in [0.4, 0.5) is 0 Å². The summed E-state index contributed by atoms with van der Waals surface area (Å²) in [5.41, 5.74) is 5.30. The molecule has 0 radical (unpaired) electrons. The quantitative estimate of drug-likeness (QED) is 0.492. The predicted octanol–water partition coefficient (Wildman–Crippen LogP) is 3.73. The third-order valence-electron chi connectivity index (χ3n) is 5.90. The van der Waals surface area contributed by atoms with Crippen molar-refractivity contribution in [1.29, 1.82) is 5.41 Å². The lowest BCUT2D eigenvalue weighted by atomic mass is 10.0. The molecule has 2 heterocycles. The van der Waals surface area contributed by atoms with Crippen LogP contribution in [-0.2, 0) is 4.74 Å². The molecule has 1 saturated heterocycles. The topological polar surface area (TPSA) is 73.3 Å². The van der Waals surface area contributed by atoms with Gasteiger partial charge in [0.25, 0.3) is 0 Å². The summed E-state index contributed by atoms with van der Waals surface area (Å²) < 4.78 is 5.44. The van der Waals surface area contributed by atoms with Crippen molar-refractivity contribution >= 4 is 17.9 Å². The Balaban J connectivity index is 1.37. The molecule has 1 aliphatic heterocycles. The Morgan fingerprint density at radius 3 is 2.94 bits per heavy atom. The lowest BCUT2D eigenvalue weighted by Crippen LogP contribution is -2.37. The highest BCUT2D eigenvalue weighted by atomic mass is 16.5. The fourth-order valence-corrected chi connectivity index (χ4v) is 3.81. The van der Waals surface area contributed by atoms with Crippen LogP contribution in [0.25, 0.3) is 11.6 Å². The highest BCUT2D eigenvalue weighted by molar-refractivity contribution is 6.09. The van der Waals surface area contributed by atoms with Crippen LogP contribution in [0.15, 0.2) is 66.4 Å². The first-order valence-electron chi connectivity index (χ1n) is 11.5. The normalized spacial score (nSPS) is 19.9. The molecule has 0 spiro atoms. The van der Waals surface area contributed by atoms with E-state index in [0.717, 1.165) is 74.1 Å². The van der Waals surface area contributed by atoms with E-state index in [-0.39, 0.29) is 0 Å². The molecule has 4 rings (SSSR count). The van der Waals surface area contributed by atoms with Crippen molar-refractivity contribution in [3.05, 3.63) is 77.6 Å². The number of hydrogen-bond acceptors (Lipinski definition) is 6. The summed E-state index contributed by atoms with van der Waals surface area (Å²) in [5.74, 6) is 0.795. The van der Waals surface area contributed by atoms with Crippen LogP contribution in [-0.4, -0.2) is 55.5 Å². The zero-order chi connectivity index (χ0) is 22.0. The van der Waals surface area contributed by atoms with Gasteiger partial charge in [0.1, 0.15) is 0 Å². The average Bonchev–Trinajstić information content (AvgIpc) is 3.67. The van der Waals surface area contributed by atoms with E-state index < -0.39 is 0 Å². The molecule has 0 unspecified atom stereocenters. The Labute approximate surface area is 191 Å². The van der Waals surface area contributed by atoms with Gasteiger partial charge in [-0.15, -0.1) is 0 Å². The van der Waals surface area contributed by atoms with Crippen molar-refractivity contribution < 1.29 is 4.74 Å². The minimum atomic E-state index is 0.795. The first-order chi connectivity index (χ1) is 15.8. The van der Waals surface area contributed by atoms with E-state index in [1.165, 1.54) is 24.6 Å². The Kier molecular flexibility index (Phi) is 8.06. The number of hydrogen-bond donors (Lipinski definition) is 3. The van der Waals surface area contributed by atoms with E-state index in [4.69, 9.17) is 10.1 Å². The maximum Gasteiger partial charge on any atom is 0.0594 e. The van der Waals surface area contributed by atoms with E-state index in [1.54, 1.807) is 6.20 Å². The van der Waals surface area contributed by atoms with Crippen molar-refractivity contribution in [3.8, 4) is 0 Å². The van der Waals surface area contributed by atoms with Crippen molar-refractivity contribution in [3.63, 3.8) is 0 Å². The SMILES string of the molecule is N=C/C(=C\NCC1CC1)c1ccncc1/C=C/NC1=CC=C(CN2CCOCC2)CC=C1. The molecular formula is C26H33N5O. The predicted molar refractivity (Wildman–Crippen MR) is 131 cm³/mol. The van der Waals surface area contributed by atoms with E-state index in [1.807, 2.05) is 30.7 Å². The molecule has 1 aromatic heterocycles. The second kappa shape index (κ2) is 11.6. The fraction of sp³-hybridized carbons (Fsp3) is 0.385. The third kappa shape index (κ3) is 6.77. The molecule has 3 N–H and O–H groups in total. The van der Waals surface area contributed by atoms with E-state index >= 15 is 0 Å². The minimum Gasteiger partial charge on any atom is -0.390 e. The van der Waals surface area contributed by atoms with Crippen molar-refractivity contribution in [2.24, 2.45) is 5.92 Å². The van der Waals surface area contributed by atoms with Gasteiger partial charge in [-0.2, -0.15) is 0 Å². The number of ether oxygens (including phenoxy) is 1. The van der Waals surface area contributed by atoms with Crippen LogP contribution in [0.5, 0.6) is 0 Å². The molecule has 168 valence electrons. The minimum absolute atomic E-state index is 0.795. The number of aromatic nitrogens is 1. The zero-order valence-corrected chi connectivity index (χ0v) is 18.6. The van der Waals surface area contributed by atoms with Crippen LogP contribution in [0, 0.1) is 11.3 Å². The first kappa shape index (κ1) is 22.2. The summed E-state index contributed by atoms with van der Waals surface area (Å²) in [6.07, 6.45) is 23.2. The lowest BCUT2D eigenvalue weighted by molar-refractivity contribution is 0.0421. The summed E-state index contributed by atoms with van der Waals surface area (Å²) in [7, 11) is 0. The summed E-state index contributed by atoms with van der Waals surface area (Å²) in [5, 5.41) is 14.6. The van der Waals surface area contributed by atoms with E-state index in [0.29, 0.717) is 0 Å². The number of allylic oxidation sites excluding steroid dienone is 5. The molecule has 0 atom stereocenters. The molecular weight excluding hydrogens is 398 g/mol. The van der Waals surface area contributed by atoms with Crippen LogP contribution in [0.2, 0.25) is 0 Å². The van der Waals surface area contributed by atoms with Crippen LogP contribution >= 0.6 is 0 Å². The van der Waals surface area contributed by atoms with Gasteiger partial charge in [0.2, 0.25) is 0 Å². The summed E-state index contributed by atoms with van der Waals surface area (Å²) in [4.78, 5) is 6.72. The monoisotopic (exact) mass is 431 g/mol. The molecule has 3 aliphatic rings. The zero-order valence-electron chi connectivity index (χ0n) is 18.6. The molecule has 0 bridgehead atoms. The fourth-order valence-electron chi connectivity index (χ4n) is 3.81. The van der Waals surface area contributed by atoms with Gasteiger partial charge in [-0.25, -0.2) is 0 Å². The van der Waals surface area contributed by atoms with Gasteiger partial charge in [-0.05, 0) is 55.0 Å². The molecule has 1 aromatic rings. The second-order valence-corrected chi connectivity index (χ2v) is 8.48. The second-order valence-electron chi connectivity index (χ2n) is 8.48. The summed E-state index contributed by atoms with van der Waals surface area (Å²) >= 11 is 0. The largest absolute Gasteiger partial charge is 0.390 e. The van der Waals surface area contributed by atoms with Gasteiger partial charge in [-0.3, -0.25) is 9.88 Å². The number of nitrogens with zero attached hydrogens (tertiary/aromatic N) is 2. The standard InChI is InChI=1S/C26H33N5O/c27-16-24(19-29-17-21-4-5-21)26-9-10-28-18-23(26)8-11-30-25-3-1-2-22(6-7-25)20-31-12-14-32-15-13-31/h1,3,6-11,16,18-19,21,27,29-30H,2,4-5,12-15,17,20H2/b11-8+,24-19+,27-16?. The van der Waals surface area contributed by atoms with Gasteiger partial charge in [-0.1, -0.05) is 17.7 Å². The first-order valence-corrected chi connectivity index (χ1v) is 11.5. The van der Waals surface area contributed by atoms with Gasteiger partial charge >= 0.3 is 0 Å². The van der Waals surface area contributed by atoms with E-state index in [9.17, 15) is 0 Å². The van der Waals surface area contributed by atoms with Gasteiger partial charge in [0, 0.05) is 74.0 Å². The molecule has 1 saturated carbocycles. The lowest BCUT2D eigenvalue weighted by Gasteiger charge is -2.27. The van der Waals surface area contributed by atoms with Gasteiger partial charge < -0.3 is 20.8 Å². The maximum atomic E-state index is 7.84. The third-order valence-corrected chi connectivity index (χ3v) is 5.90. The Morgan fingerprint density at radius 2 is 2.12 bits per heavy atom. The van der Waals surface area contributed by atoms with Crippen molar-refractivity contribution in [2.75, 3.05) is 39.4 Å². The number of pyridine rings is 1. The Morgan fingerprint density at radius 1 is 1.25 bits per heavy atom. The van der Waals surface area contributed by atoms with Crippen molar-refractivity contribution in [2.45, 2.75) is 19.3 Å². The van der Waals surface area contributed by atoms with Gasteiger partial charge in [0.05, 0.1) is 13.2 Å². The van der Waals surface area contributed by atoms with E-state index in [2.05, 4.69) is 44.8 Å². The Hall–Kier alpha value is -2.96. The average molecular weight is 432 g/mol.